The summed E-state index contributed by atoms with van der Waals surface area (Å²) >= 11 is 0. The Kier molecular flexibility index (Phi) is 4.07. The van der Waals surface area contributed by atoms with Crippen molar-refractivity contribution in [3.8, 4) is 11.6 Å². The fourth-order valence-electron chi connectivity index (χ4n) is 1.31. The summed E-state index contributed by atoms with van der Waals surface area (Å²) in [5.74, 6) is 1.19. The van der Waals surface area contributed by atoms with Gasteiger partial charge in [0, 0.05) is 17.8 Å². The average molecular weight is 256 g/mol. The van der Waals surface area contributed by atoms with Gasteiger partial charge in [-0.25, -0.2) is 15.2 Å². The summed E-state index contributed by atoms with van der Waals surface area (Å²) in [7, 11) is 0. The molecule has 6 nitrogen and oxygen atoms in total. The smallest absolute Gasteiger partial charge is 0.332 e. The fourth-order valence-corrected chi connectivity index (χ4v) is 1.31. The Hall–Kier alpha value is -2.89. The third kappa shape index (κ3) is 4.12. The molecule has 0 aliphatic rings. The number of nitrogens with one attached hydrogen (secondary N) is 1. The third-order valence-electron chi connectivity index (χ3n) is 2.11. The van der Waals surface area contributed by atoms with Crippen molar-refractivity contribution in [3.63, 3.8) is 0 Å². The van der Waals surface area contributed by atoms with Crippen LogP contribution in [0.2, 0.25) is 0 Å². The lowest BCUT2D eigenvalue weighted by Gasteiger charge is -2.03. The van der Waals surface area contributed by atoms with Gasteiger partial charge in [-0.1, -0.05) is 18.2 Å². The summed E-state index contributed by atoms with van der Waals surface area (Å²) in [6.07, 6.45) is 3.01. The minimum Gasteiger partial charge on any atom is -0.439 e. The van der Waals surface area contributed by atoms with Crippen LogP contribution in [0.15, 0.2) is 53.8 Å². The van der Waals surface area contributed by atoms with Crippen LogP contribution in [-0.2, 0) is 0 Å². The van der Waals surface area contributed by atoms with Gasteiger partial charge in [0.15, 0.2) is 0 Å². The number of hydrogen-bond donors (Lipinski definition) is 2. The molecule has 0 spiro atoms. The average Bonchev–Trinajstić information content (AvgIpc) is 2.42. The molecule has 0 fully saturated rings. The number of hydrogen-bond acceptors (Lipinski definition) is 4. The monoisotopic (exact) mass is 256 g/mol. The summed E-state index contributed by atoms with van der Waals surface area (Å²) < 4.78 is 5.53. The minimum absolute atomic E-state index is 0.478. The van der Waals surface area contributed by atoms with Gasteiger partial charge >= 0.3 is 6.03 Å². The number of nitrogens with two attached hydrogens (primary N) is 1. The maximum atomic E-state index is 10.4. The number of ether oxygens (including phenoxy) is 1. The van der Waals surface area contributed by atoms with E-state index in [-0.39, 0.29) is 0 Å². The molecule has 0 bridgehead atoms. The number of nitrogens with zero attached hydrogens (tertiary/aromatic N) is 2. The zero-order valence-electron chi connectivity index (χ0n) is 9.98. The molecule has 0 radical (unpaired) electrons. The molecule has 2 amide bonds. The highest BCUT2D eigenvalue weighted by Gasteiger charge is 1.97. The number of primary amides is 1. The number of para-hydroxylation sites is 1. The SMILES string of the molecule is NC(=O)NN=Cc1ccc(Oc2ccccc2)nc1. The second-order valence-corrected chi connectivity index (χ2v) is 3.58. The first kappa shape index (κ1) is 12.6. The molecule has 0 aliphatic heterocycles. The molecule has 1 heterocycles. The van der Waals surface area contributed by atoms with Gasteiger partial charge in [0.2, 0.25) is 5.88 Å². The normalized spacial score (nSPS) is 10.3. The summed E-state index contributed by atoms with van der Waals surface area (Å²) in [6.45, 7) is 0. The van der Waals surface area contributed by atoms with Crippen LogP contribution >= 0.6 is 0 Å². The molecule has 1 aromatic carbocycles. The zero-order valence-corrected chi connectivity index (χ0v) is 9.98. The van der Waals surface area contributed by atoms with Crippen LogP contribution < -0.4 is 15.9 Å². The molecule has 0 saturated carbocycles. The van der Waals surface area contributed by atoms with Gasteiger partial charge in [0.05, 0.1) is 6.21 Å². The number of hydrazone groups is 1. The van der Waals surface area contributed by atoms with E-state index in [4.69, 9.17) is 10.5 Å². The first-order valence-electron chi connectivity index (χ1n) is 5.51. The van der Waals surface area contributed by atoms with Crippen LogP contribution in [0.3, 0.4) is 0 Å². The predicted octanol–water partition coefficient (Wildman–Crippen LogP) is 1.88. The Morgan fingerprint density at radius 1 is 1.26 bits per heavy atom. The van der Waals surface area contributed by atoms with Crippen molar-refractivity contribution >= 4 is 12.2 Å². The van der Waals surface area contributed by atoms with Crippen molar-refractivity contribution in [2.24, 2.45) is 10.8 Å². The first-order chi connectivity index (χ1) is 9.24. The van der Waals surface area contributed by atoms with E-state index in [1.54, 1.807) is 18.3 Å². The Balaban J connectivity index is 1.98. The van der Waals surface area contributed by atoms with E-state index in [0.717, 1.165) is 0 Å². The Morgan fingerprint density at radius 3 is 2.68 bits per heavy atom. The van der Waals surface area contributed by atoms with Gasteiger partial charge in [0.25, 0.3) is 0 Å². The highest BCUT2D eigenvalue weighted by molar-refractivity contribution is 5.81. The van der Waals surface area contributed by atoms with E-state index in [1.807, 2.05) is 30.3 Å². The van der Waals surface area contributed by atoms with E-state index in [9.17, 15) is 4.79 Å². The van der Waals surface area contributed by atoms with Gasteiger partial charge in [0.1, 0.15) is 5.75 Å². The number of aromatic nitrogens is 1. The second-order valence-electron chi connectivity index (χ2n) is 3.58. The van der Waals surface area contributed by atoms with E-state index in [2.05, 4.69) is 15.5 Å². The molecule has 0 aliphatic carbocycles. The second kappa shape index (κ2) is 6.15. The number of rotatable bonds is 4. The molecule has 2 aromatic rings. The Bertz CT molecular complexity index is 567. The molecule has 2 rings (SSSR count). The lowest BCUT2D eigenvalue weighted by atomic mass is 10.3. The van der Waals surface area contributed by atoms with Crippen LogP contribution in [0.1, 0.15) is 5.56 Å². The van der Waals surface area contributed by atoms with Crippen molar-refractivity contribution in [1.82, 2.24) is 10.4 Å². The number of urea groups is 1. The van der Waals surface area contributed by atoms with Gasteiger partial charge in [-0.3, -0.25) is 0 Å². The predicted molar refractivity (Wildman–Crippen MR) is 71.1 cm³/mol. The molecule has 6 heteroatoms. The lowest BCUT2D eigenvalue weighted by molar-refractivity contribution is 0.249. The van der Waals surface area contributed by atoms with Crippen LogP contribution in [0.25, 0.3) is 0 Å². The molecule has 0 unspecified atom stereocenters. The van der Waals surface area contributed by atoms with Crippen LogP contribution in [0.5, 0.6) is 11.6 Å². The molecular formula is C13H12N4O2. The number of pyridine rings is 1. The lowest BCUT2D eigenvalue weighted by Crippen LogP contribution is -2.24. The van der Waals surface area contributed by atoms with Crippen molar-refractivity contribution in [1.29, 1.82) is 0 Å². The topological polar surface area (TPSA) is 89.6 Å². The molecular weight excluding hydrogens is 244 g/mol. The van der Waals surface area contributed by atoms with Crippen molar-refractivity contribution in [2.75, 3.05) is 0 Å². The number of benzene rings is 1. The molecule has 96 valence electrons. The van der Waals surface area contributed by atoms with E-state index < -0.39 is 6.03 Å². The number of amides is 2. The highest BCUT2D eigenvalue weighted by Crippen LogP contribution is 2.17. The summed E-state index contributed by atoms with van der Waals surface area (Å²) in [6, 6.07) is 12.1. The Labute approximate surface area is 109 Å². The number of carbonyl (C=O) groups excluding carboxylic acids is 1. The molecule has 1 aromatic heterocycles. The summed E-state index contributed by atoms with van der Waals surface area (Å²) in [4.78, 5) is 14.5. The standard InChI is InChI=1S/C13H12N4O2/c14-13(18)17-16-9-10-6-7-12(15-8-10)19-11-4-2-1-3-5-11/h1-9H,(H3,14,17,18). The Morgan fingerprint density at radius 2 is 2.05 bits per heavy atom. The molecule has 3 N–H and O–H groups in total. The van der Waals surface area contributed by atoms with Crippen LogP contribution in [-0.4, -0.2) is 17.2 Å². The minimum atomic E-state index is -0.715. The quantitative estimate of drug-likeness (QED) is 0.646. The highest BCUT2D eigenvalue weighted by atomic mass is 16.5. The van der Waals surface area contributed by atoms with Crippen LogP contribution in [0.4, 0.5) is 4.79 Å². The van der Waals surface area contributed by atoms with Gasteiger partial charge in [-0.15, -0.1) is 0 Å². The zero-order chi connectivity index (χ0) is 13.5. The van der Waals surface area contributed by atoms with Gasteiger partial charge in [-0.2, -0.15) is 5.10 Å². The van der Waals surface area contributed by atoms with Gasteiger partial charge in [-0.05, 0) is 18.2 Å². The first-order valence-corrected chi connectivity index (χ1v) is 5.51. The largest absolute Gasteiger partial charge is 0.439 e. The van der Waals surface area contributed by atoms with E-state index in [1.165, 1.54) is 6.21 Å². The van der Waals surface area contributed by atoms with Crippen molar-refractivity contribution in [2.45, 2.75) is 0 Å². The molecule has 0 saturated heterocycles. The maximum absolute atomic E-state index is 10.4. The van der Waals surface area contributed by atoms with Gasteiger partial charge < -0.3 is 10.5 Å². The van der Waals surface area contributed by atoms with Crippen molar-refractivity contribution < 1.29 is 9.53 Å². The summed E-state index contributed by atoms with van der Waals surface area (Å²) in [5.41, 5.74) is 7.68. The number of carbonyl (C=O) groups is 1. The molecule has 0 atom stereocenters. The summed E-state index contributed by atoms with van der Waals surface area (Å²) in [5, 5.41) is 3.62. The van der Waals surface area contributed by atoms with Crippen molar-refractivity contribution in [3.05, 3.63) is 54.2 Å². The molecule has 19 heavy (non-hydrogen) atoms. The van der Waals surface area contributed by atoms with E-state index in [0.29, 0.717) is 17.2 Å². The van der Waals surface area contributed by atoms with Crippen LogP contribution in [0, 0.1) is 0 Å². The third-order valence-corrected chi connectivity index (χ3v) is 2.11. The van der Waals surface area contributed by atoms with E-state index >= 15 is 0 Å². The maximum Gasteiger partial charge on any atom is 0.332 e. The fraction of sp³-hybridized carbons (Fsp3) is 0.